The van der Waals surface area contributed by atoms with E-state index < -0.39 is 74.6 Å². The molecule has 0 aromatic heterocycles. The summed E-state index contributed by atoms with van der Waals surface area (Å²) in [6.45, 7) is -1.24. The van der Waals surface area contributed by atoms with Crippen molar-refractivity contribution in [2.45, 2.75) is 68.8 Å². The molecule has 150 valence electrons. The molecule has 0 aromatic rings. The van der Waals surface area contributed by atoms with Crippen LogP contribution in [0.4, 0.5) is 0 Å². The molecule has 11 nitrogen and oxygen atoms in total. The third kappa shape index (κ3) is 4.46. The molecular formula is C14H28O11. The second kappa shape index (κ2) is 9.48. The molecule has 0 saturated carbocycles. The minimum atomic E-state index is -1.69. The highest BCUT2D eigenvalue weighted by molar-refractivity contribution is 4.93. The Bertz CT molecular complexity index is 393. The van der Waals surface area contributed by atoms with Gasteiger partial charge in [-0.05, 0) is 0 Å². The second-order valence-electron chi connectivity index (χ2n) is 5.74. The molecule has 7 N–H and O–H groups in total. The number of hydrogen-bond acceptors (Lipinski definition) is 11. The van der Waals surface area contributed by atoms with Crippen LogP contribution < -0.4 is 0 Å². The first kappa shape index (κ1) is 22.6. The van der Waals surface area contributed by atoms with E-state index in [1.54, 1.807) is 0 Å². The molecule has 0 radical (unpaired) electrons. The zero-order chi connectivity index (χ0) is 18.0. The highest BCUT2D eigenvalue weighted by Gasteiger charge is 2.50. The van der Waals surface area contributed by atoms with Crippen LogP contribution in [0, 0.1) is 0 Å². The monoisotopic (exact) mass is 372 g/mol. The summed E-state index contributed by atoms with van der Waals surface area (Å²) >= 11 is 0. The lowest BCUT2D eigenvalue weighted by Gasteiger charge is -2.45. The van der Waals surface area contributed by atoms with E-state index >= 15 is 0 Å². The molecule has 4 unspecified atom stereocenters. The highest BCUT2D eigenvalue weighted by Crippen LogP contribution is 2.29. The molecule has 2 fully saturated rings. The molecule has 0 aromatic carbocycles. The summed E-state index contributed by atoms with van der Waals surface area (Å²) in [6.07, 6.45) is -14.3. The van der Waals surface area contributed by atoms with Crippen molar-refractivity contribution < 1.29 is 54.7 Å². The van der Waals surface area contributed by atoms with Crippen LogP contribution in [0.2, 0.25) is 0 Å². The maximum absolute atomic E-state index is 10.2. The second-order valence-corrected chi connectivity index (χ2v) is 5.74. The Morgan fingerprint density at radius 1 is 0.720 bits per heavy atom. The van der Waals surface area contributed by atoms with E-state index in [0.29, 0.717) is 0 Å². The minimum Gasteiger partial charge on any atom is -0.394 e. The predicted molar refractivity (Wildman–Crippen MR) is 80.1 cm³/mol. The van der Waals surface area contributed by atoms with Gasteiger partial charge in [0.15, 0.2) is 12.6 Å². The van der Waals surface area contributed by atoms with Crippen molar-refractivity contribution in [2.24, 2.45) is 0 Å². The van der Waals surface area contributed by atoms with Gasteiger partial charge in [0.1, 0.15) is 48.8 Å². The number of rotatable bonds is 5. The van der Waals surface area contributed by atoms with E-state index in [1.165, 1.54) is 7.11 Å². The van der Waals surface area contributed by atoms with Crippen LogP contribution in [0.5, 0.6) is 0 Å². The Balaban J connectivity index is 0.00000312. The Morgan fingerprint density at radius 3 is 1.76 bits per heavy atom. The first-order valence-electron chi connectivity index (χ1n) is 7.46. The van der Waals surface area contributed by atoms with Gasteiger partial charge in [-0.15, -0.1) is 0 Å². The van der Waals surface area contributed by atoms with Crippen LogP contribution in [0.15, 0.2) is 0 Å². The zero-order valence-corrected chi connectivity index (χ0v) is 13.0. The fraction of sp³-hybridized carbons (Fsp3) is 1.00. The van der Waals surface area contributed by atoms with Crippen molar-refractivity contribution in [2.75, 3.05) is 20.3 Å². The lowest BCUT2D eigenvalue weighted by atomic mass is 9.97. The van der Waals surface area contributed by atoms with E-state index in [-0.39, 0.29) is 7.43 Å². The molecule has 0 amide bonds. The third-order valence-electron chi connectivity index (χ3n) is 4.19. The average Bonchev–Trinajstić information content (AvgIpc) is 2.59. The van der Waals surface area contributed by atoms with Gasteiger partial charge >= 0.3 is 0 Å². The molecule has 0 spiro atoms. The van der Waals surface area contributed by atoms with Gasteiger partial charge in [-0.1, -0.05) is 7.43 Å². The summed E-state index contributed by atoms with van der Waals surface area (Å²) in [5.74, 6) is 0. The fourth-order valence-electron chi connectivity index (χ4n) is 2.75. The summed E-state index contributed by atoms with van der Waals surface area (Å²) in [5, 5.41) is 68.0. The normalized spacial score (nSPS) is 48.0. The molecule has 10 atom stereocenters. The van der Waals surface area contributed by atoms with Crippen molar-refractivity contribution >= 4 is 0 Å². The van der Waals surface area contributed by atoms with E-state index in [0.717, 1.165) is 0 Å². The summed E-state index contributed by atoms with van der Waals surface area (Å²) in [6, 6.07) is 0. The number of methoxy groups -OCH3 is 1. The molecule has 11 heteroatoms. The lowest BCUT2D eigenvalue weighted by molar-refractivity contribution is -0.357. The van der Waals surface area contributed by atoms with Crippen molar-refractivity contribution in [3.8, 4) is 0 Å². The molecular weight excluding hydrogens is 344 g/mol. The van der Waals surface area contributed by atoms with Gasteiger partial charge in [-0.2, -0.15) is 0 Å². The predicted octanol–water partition coefficient (Wildman–Crippen LogP) is -4.11. The van der Waals surface area contributed by atoms with Crippen LogP contribution in [-0.4, -0.2) is 117 Å². The average molecular weight is 372 g/mol. The van der Waals surface area contributed by atoms with Gasteiger partial charge in [0.2, 0.25) is 0 Å². The van der Waals surface area contributed by atoms with Crippen LogP contribution >= 0.6 is 0 Å². The zero-order valence-electron chi connectivity index (χ0n) is 13.0. The molecule has 2 rings (SSSR count). The molecule has 2 aliphatic rings. The first-order chi connectivity index (χ1) is 11.3. The van der Waals surface area contributed by atoms with Crippen molar-refractivity contribution in [1.82, 2.24) is 0 Å². The molecule has 0 bridgehead atoms. The molecule has 2 heterocycles. The number of aliphatic hydroxyl groups excluding tert-OH is 7. The van der Waals surface area contributed by atoms with E-state index in [9.17, 15) is 30.6 Å². The van der Waals surface area contributed by atoms with Gasteiger partial charge in [0.05, 0.1) is 13.2 Å². The van der Waals surface area contributed by atoms with Gasteiger partial charge in [-0.3, -0.25) is 0 Å². The Hall–Kier alpha value is -0.440. The SMILES string of the molecule is C.CO[C@@H]1OC(CO)[C@H](O[C@H]2OC(CO)[C@H](O)C(O)[C@@H]2O)C(O)[C@@H]1O. The maximum Gasteiger partial charge on any atom is 0.187 e. The van der Waals surface area contributed by atoms with E-state index in [1.807, 2.05) is 0 Å². The Labute approximate surface area is 144 Å². The van der Waals surface area contributed by atoms with Crippen molar-refractivity contribution in [3.05, 3.63) is 0 Å². The summed E-state index contributed by atoms with van der Waals surface area (Å²) in [5.41, 5.74) is 0. The van der Waals surface area contributed by atoms with Crippen LogP contribution in [0.1, 0.15) is 7.43 Å². The quantitative estimate of drug-likeness (QED) is 0.249. The third-order valence-corrected chi connectivity index (χ3v) is 4.19. The molecule has 25 heavy (non-hydrogen) atoms. The maximum atomic E-state index is 10.2. The highest BCUT2D eigenvalue weighted by atomic mass is 16.7. The van der Waals surface area contributed by atoms with Crippen LogP contribution in [-0.2, 0) is 18.9 Å². The van der Waals surface area contributed by atoms with Gasteiger partial charge in [-0.25, -0.2) is 0 Å². The lowest BCUT2D eigenvalue weighted by Crippen LogP contribution is -2.64. The molecule has 0 aliphatic carbocycles. The van der Waals surface area contributed by atoms with Gasteiger partial charge < -0.3 is 54.7 Å². The first-order valence-corrected chi connectivity index (χ1v) is 7.46. The van der Waals surface area contributed by atoms with Crippen molar-refractivity contribution in [3.63, 3.8) is 0 Å². The van der Waals surface area contributed by atoms with Crippen LogP contribution in [0.25, 0.3) is 0 Å². The summed E-state index contributed by atoms with van der Waals surface area (Å²) in [4.78, 5) is 0. The largest absolute Gasteiger partial charge is 0.394 e. The van der Waals surface area contributed by atoms with E-state index in [4.69, 9.17) is 24.1 Å². The smallest absolute Gasteiger partial charge is 0.187 e. The Kier molecular flexibility index (Phi) is 8.57. The van der Waals surface area contributed by atoms with Gasteiger partial charge in [0.25, 0.3) is 0 Å². The number of aliphatic hydroxyl groups is 7. The van der Waals surface area contributed by atoms with Gasteiger partial charge in [0, 0.05) is 7.11 Å². The topological polar surface area (TPSA) is 179 Å². The Morgan fingerprint density at radius 2 is 1.24 bits per heavy atom. The van der Waals surface area contributed by atoms with Crippen molar-refractivity contribution in [1.29, 1.82) is 0 Å². The summed E-state index contributed by atoms with van der Waals surface area (Å²) < 4.78 is 20.6. The molecule has 2 aliphatic heterocycles. The van der Waals surface area contributed by atoms with E-state index in [2.05, 4.69) is 0 Å². The van der Waals surface area contributed by atoms with Crippen LogP contribution in [0.3, 0.4) is 0 Å². The number of hydrogen-bond donors (Lipinski definition) is 7. The number of ether oxygens (including phenoxy) is 4. The summed E-state index contributed by atoms with van der Waals surface area (Å²) in [7, 11) is 1.24. The standard InChI is InChI=1S/C13H24O11.CH4/c1-21-12-10(20)8(18)11(5(3-15)23-12)24-13-9(19)7(17)6(16)4(2-14)22-13;/h4-20H,2-3H2,1H3;1H4/t4?,5?,6-,7?,8?,9-,10-,11-,12+,13+;/m0./s1. The minimum absolute atomic E-state index is 0. The fourth-order valence-corrected chi connectivity index (χ4v) is 2.75. The molecule has 2 saturated heterocycles.